The van der Waals surface area contributed by atoms with Crippen molar-refractivity contribution in [1.29, 1.82) is 0 Å². The average molecular weight is 368 g/mol. The molecule has 0 N–H and O–H groups in total. The van der Waals surface area contributed by atoms with E-state index in [2.05, 4.69) is 15.9 Å². The van der Waals surface area contributed by atoms with Gasteiger partial charge in [-0.2, -0.15) is 0 Å². The Labute approximate surface area is 131 Å². The lowest BCUT2D eigenvalue weighted by Gasteiger charge is -2.04. The molecule has 0 aromatic heterocycles. The normalized spacial score (nSPS) is 11.9. The number of nitro benzene ring substituents is 1. The van der Waals surface area contributed by atoms with Gasteiger partial charge in [0.05, 0.1) is 26.4 Å². The number of carbonyl (C=O) groups excluding carboxylic acids is 1. The molecular weight excluding hydrogens is 358 g/mol. The van der Waals surface area contributed by atoms with E-state index in [1.165, 1.54) is 24.3 Å². The van der Waals surface area contributed by atoms with E-state index in [0.29, 0.717) is 14.9 Å². The molecular formula is C14H10BrNO4S. The number of halogens is 1. The lowest BCUT2D eigenvalue weighted by molar-refractivity contribution is -0.384. The number of non-ortho nitro benzene ring substituents is 1. The molecule has 5 nitrogen and oxygen atoms in total. The van der Waals surface area contributed by atoms with Crippen LogP contribution >= 0.6 is 15.9 Å². The summed E-state index contributed by atoms with van der Waals surface area (Å²) in [6, 6.07) is 12.2. The number of benzene rings is 2. The second-order valence-corrected chi connectivity index (χ2v) is 6.42. The first-order valence-electron chi connectivity index (χ1n) is 5.89. The second-order valence-electron chi connectivity index (χ2n) is 4.15. The Morgan fingerprint density at radius 1 is 1.14 bits per heavy atom. The van der Waals surface area contributed by atoms with Crippen molar-refractivity contribution in [3.63, 3.8) is 0 Å². The Hall–Kier alpha value is -1.86. The SMILES string of the molecule is O=C(CS(=O)c1ccccc1Br)c1ccc([N+](=O)[O-])cc1. The smallest absolute Gasteiger partial charge is 0.269 e. The van der Waals surface area contributed by atoms with Crippen molar-refractivity contribution < 1.29 is 13.9 Å². The quantitative estimate of drug-likeness (QED) is 0.461. The monoisotopic (exact) mass is 367 g/mol. The zero-order valence-corrected chi connectivity index (χ0v) is 13.1. The van der Waals surface area contributed by atoms with Gasteiger partial charge in [-0.15, -0.1) is 0 Å². The molecule has 0 aliphatic carbocycles. The van der Waals surface area contributed by atoms with Crippen molar-refractivity contribution in [1.82, 2.24) is 0 Å². The molecule has 0 saturated heterocycles. The molecule has 1 unspecified atom stereocenters. The molecule has 21 heavy (non-hydrogen) atoms. The van der Waals surface area contributed by atoms with E-state index in [-0.39, 0.29) is 17.2 Å². The third-order valence-corrected chi connectivity index (χ3v) is 5.07. The molecule has 108 valence electrons. The summed E-state index contributed by atoms with van der Waals surface area (Å²) in [5, 5.41) is 10.5. The van der Waals surface area contributed by atoms with Crippen molar-refractivity contribution in [3.05, 3.63) is 68.7 Å². The van der Waals surface area contributed by atoms with Crippen molar-refractivity contribution in [2.75, 3.05) is 5.75 Å². The summed E-state index contributed by atoms with van der Waals surface area (Å²) in [6.45, 7) is 0. The van der Waals surface area contributed by atoms with E-state index in [1.54, 1.807) is 24.3 Å². The van der Waals surface area contributed by atoms with E-state index in [1.807, 2.05) is 0 Å². The van der Waals surface area contributed by atoms with Gasteiger partial charge in [0, 0.05) is 22.2 Å². The molecule has 7 heteroatoms. The van der Waals surface area contributed by atoms with Crippen molar-refractivity contribution >= 4 is 38.2 Å². The second kappa shape index (κ2) is 6.73. The molecule has 2 aromatic carbocycles. The third kappa shape index (κ3) is 3.83. The number of hydrogen-bond donors (Lipinski definition) is 0. The third-order valence-electron chi connectivity index (χ3n) is 2.74. The summed E-state index contributed by atoms with van der Waals surface area (Å²) >= 11 is 3.29. The lowest BCUT2D eigenvalue weighted by Crippen LogP contribution is -2.11. The van der Waals surface area contributed by atoms with Gasteiger partial charge in [-0.1, -0.05) is 12.1 Å². The van der Waals surface area contributed by atoms with Crippen LogP contribution in [0.4, 0.5) is 5.69 Å². The minimum Gasteiger partial charge on any atom is -0.293 e. The van der Waals surface area contributed by atoms with Gasteiger partial charge in [0.25, 0.3) is 5.69 Å². The largest absolute Gasteiger partial charge is 0.293 e. The number of carbonyl (C=O) groups is 1. The van der Waals surface area contributed by atoms with Crippen LogP contribution in [-0.4, -0.2) is 20.7 Å². The average Bonchev–Trinajstić information content (AvgIpc) is 2.47. The fourth-order valence-corrected chi connectivity index (χ4v) is 3.58. The Balaban J connectivity index is 2.13. The van der Waals surface area contributed by atoms with E-state index < -0.39 is 15.7 Å². The molecule has 2 aromatic rings. The standard InChI is InChI=1S/C14H10BrNO4S/c15-12-3-1-2-4-14(12)21(20)9-13(17)10-5-7-11(8-6-10)16(18)19/h1-8H,9H2. The van der Waals surface area contributed by atoms with Gasteiger partial charge in [0.15, 0.2) is 5.78 Å². The van der Waals surface area contributed by atoms with Crippen molar-refractivity contribution in [3.8, 4) is 0 Å². The van der Waals surface area contributed by atoms with Crippen LogP contribution in [0.3, 0.4) is 0 Å². The van der Waals surface area contributed by atoms with Crippen LogP contribution in [0, 0.1) is 10.1 Å². The van der Waals surface area contributed by atoms with Gasteiger partial charge in [-0.25, -0.2) is 0 Å². The molecule has 2 rings (SSSR count). The highest BCUT2D eigenvalue weighted by molar-refractivity contribution is 9.10. The van der Waals surface area contributed by atoms with Crippen molar-refractivity contribution in [2.24, 2.45) is 0 Å². The summed E-state index contributed by atoms with van der Waals surface area (Å²) < 4.78 is 12.9. The maximum atomic E-state index is 12.2. The minimum absolute atomic E-state index is 0.0847. The molecule has 0 bridgehead atoms. The van der Waals surface area contributed by atoms with Crippen LogP contribution in [0.2, 0.25) is 0 Å². The van der Waals surface area contributed by atoms with Crippen LogP contribution in [0.15, 0.2) is 57.9 Å². The van der Waals surface area contributed by atoms with Gasteiger partial charge in [-0.3, -0.25) is 19.1 Å². The van der Waals surface area contributed by atoms with Crippen LogP contribution in [0.1, 0.15) is 10.4 Å². The van der Waals surface area contributed by atoms with Gasteiger partial charge in [0.1, 0.15) is 0 Å². The van der Waals surface area contributed by atoms with E-state index in [0.717, 1.165) is 0 Å². The molecule has 0 aliphatic heterocycles. The number of rotatable bonds is 5. The number of nitrogens with zero attached hydrogens (tertiary/aromatic N) is 1. The number of Topliss-reactive ketones (excluding diaryl/α,β-unsaturated/α-hetero) is 1. The Kier molecular flexibility index (Phi) is 4.98. The molecule has 0 spiro atoms. The predicted molar refractivity (Wildman–Crippen MR) is 82.8 cm³/mol. The first-order chi connectivity index (χ1) is 9.99. The molecule has 0 radical (unpaired) electrons. The lowest BCUT2D eigenvalue weighted by atomic mass is 10.1. The fraction of sp³-hybridized carbons (Fsp3) is 0.0714. The maximum absolute atomic E-state index is 12.2. The summed E-state index contributed by atoms with van der Waals surface area (Å²) in [4.78, 5) is 22.6. The summed E-state index contributed by atoms with van der Waals surface area (Å²) in [5.74, 6) is -0.487. The molecule has 1 atom stereocenters. The first-order valence-corrected chi connectivity index (χ1v) is 8.01. The summed E-state index contributed by atoms with van der Waals surface area (Å²) in [7, 11) is -1.47. The van der Waals surface area contributed by atoms with E-state index >= 15 is 0 Å². The van der Waals surface area contributed by atoms with Gasteiger partial charge >= 0.3 is 0 Å². The van der Waals surface area contributed by atoms with Gasteiger partial charge in [0.2, 0.25) is 0 Å². The zero-order valence-electron chi connectivity index (χ0n) is 10.7. The van der Waals surface area contributed by atoms with E-state index in [9.17, 15) is 19.1 Å². The number of ketones is 1. The molecule has 0 saturated carbocycles. The van der Waals surface area contributed by atoms with Crippen LogP contribution < -0.4 is 0 Å². The highest BCUT2D eigenvalue weighted by Crippen LogP contribution is 2.20. The Bertz CT molecular complexity index is 715. The summed E-state index contributed by atoms with van der Waals surface area (Å²) in [6.07, 6.45) is 0. The minimum atomic E-state index is -1.47. The van der Waals surface area contributed by atoms with Gasteiger partial charge < -0.3 is 0 Å². The number of nitro groups is 1. The van der Waals surface area contributed by atoms with Crippen LogP contribution in [-0.2, 0) is 10.8 Å². The molecule has 0 heterocycles. The number of hydrogen-bond acceptors (Lipinski definition) is 4. The van der Waals surface area contributed by atoms with Crippen molar-refractivity contribution in [2.45, 2.75) is 4.90 Å². The summed E-state index contributed by atoms with van der Waals surface area (Å²) in [5.41, 5.74) is 0.222. The van der Waals surface area contributed by atoms with E-state index in [4.69, 9.17) is 0 Å². The first kappa shape index (κ1) is 15.5. The molecule has 0 aliphatic rings. The Morgan fingerprint density at radius 3 is 2.33 bits per heavy atom. The molecule has 0 fully saturated rings. The predicted octanol–water partition coefficient (Wildman–Crippen LogP) is 3.35. The maximum Gasteiger partial charge on any atom is 0.269 e. The highest BCUT2D eigenvalue weighted by atomic mass is 79.9. The Morgan fingerprint density at radius 2 is 1.76 bits per heavy atom. The van der Waals surface area contributed by atoms with Gasteiger partial charge in [-0.05, 0) is 40.2 Å². The fourth-order valence-electron chi connectivity index (χ4n) is 1.68. The zero-order chi connectivity index (χ0) is 15.4. The van der Waals surface area contributed by atoms with Crippen LogP contribution in [0.25, 0.3) is 0 Å². The molecule has 0 amide bonds. The highest BCUT2D eigenvalue weighted by Gasteiger charge is 2.15. The van der Waals surface area contributed by atoms with Crippen LogP contribution in [0.5, 0.6) is 0 Å². The topological polar surface area (TPSA) is 77.3 Å².